The molecular weight excluding hydrogens is 297 g/mol. The van der Waals surface area contributed by atoms with Gasteiger partial charge in [0.05, 0.1) is 0 Å². The van der Waals surface area contributed by atoms with Crippen molar-refractivity contribution in [1.82, 2.24) is 5.32 Å². The molecule has 18 heavy (non-hydrogen) atoms. The lowest BCUT2D eigenvalue weighted by Gasteiger charge is -2.05. The first kappa shape index (κ1) is 13.5. The third kappa shape index (κ3) is 3.80. The van der Waals surface area contributed by atoms with Crippen molar-refractivity contribution in [3.05, 3.63) is 35.9 Å². The molecule has 1 saturated carbocycles. The van der Waals surface area contributed by atoms with Gasteiger partial charge in [0.1, 0.15) is 0 Å². The molecule has 1 aliphatic rings. The molecule has 0 heterocycles. The van der Waals surface area contributed by atoms with Crippen molar-refractivity contribution in [2.75, 3.05) is 6.54 Å². The van der Waals surface area contributed by atoms with E-state index in [2.05, 4.69) is 21.2 Å². The van der Waals surface area contributed by atoms with E-state index in [0.717, 1.165) is 19.3 Å². The van der Waals surface area contributed by atoms with Gasteiger partial charge in [-0.25, -0.2) is 4.39 Å². The highest BCUT2D eigenvalue weighted by molar-refractivity contribution is 9.10. The maximum Gasteiger partial charge on any atom is 0.251 e. The van der Waals surface area contributed by atoms with Crippen LogP contribution in [0.15, 0.2) is 30.3 Å². The lowest BCUT2D eigenvalue weighted by atomic mass is 10.1. The Morgan fingerprint density at radius 2 is 2.06 bits per heavy atom. The molecule has 98 valence electrons. The maximum absolute atomic E-state index is 13.2. The molecule has 1 fully saturated rings. The first-order chi connectivity index (χ1) is 8.59. The summed E-state index contributed by atoms with van der Waals surface area (Å²) in [5.41, 5.74) is 0.683. The molecule has 0 aliphatic heterocycles. The summed E-state index contributed by atoms with van der Waals surface area (Å²) < 4.78 is 12.1. The highest BCUT2D eigenvalue weighted by atomic mass is 79.9. The molecule has 0 spiro atoms. The number of carbonyl (C=O) groups is 1. The van der Waals surface area contributed by atoms with E-state index in [0.29, 0.717) is 18.5 Å². The number of amides is 1. The van der Waals surface area contributed by atoms with E-state index in [1.165, 1.54) is 0 Å². The molecule has 2 unspecified atom stereocenters. The third-order valence-corrected chi connectivity index (χ3v) is 4.23. The van der Waals surface area contributed by atoms with Gasteiger partial charge in [-0.15, -0.1) is 0 Å². The quantitative estimate of drug-likeness (QED) is 0.630. The highest BCUT2D eigenvalue weighted by Gasteiger charge is 2.52. The number of unbranched alkanes of at least 4 members (excludes halogenated alkanes) is 1. The SMILES string of the molecule is O=C(NCCCCC1CC1(F)Br)c1ccccc1. The van der Waals surface area contributed by atoms with Crippen LogP contribution in [0.25, 0.3) is 0 Å². The van der Waals surface area contributed by atoms with Gasteiger partial charge >= 0.3 is 0 Å². The van der Waals surface area contributed by atoms with Crippen LogP contribution in [0.3, 0.4) is 0 Å². The Morgan fingerprint density at radius 1 is 1.39 bits per heavy atom. The minimum atomic E-state index is -1.10. The lowest BCUT2D eigenvalue weighted by molar-refractivity contribution is 0.0953. The van der Waals surface area contributed by atoms with Gasteiger partial charge < -0.3 is 5.32 Å². The molecule has 0 radical (unpaired) electrons. The number of hydrogen-bond donors (Lipinski definition) is 1. The molecule has 1 N–H and O–H groups in total. The largest absolute Gasteiger partial charge is 0.352 e. The van der Waals surface area contributed by atoms with Gasteiger partial charge in [0.25, 0.3) is 5.91 Å². The number of nitrogens with one attached hydrogen (secondary N) is 1. The van der Waals surface area contributed by atoms with Crippen LogP contribution < -0.4 is 5.32 Å². The summed E-state index contributed by atoms with van der Waals surface area (Å²) in [6.07, 6.45) is 3.38. The summed E-state index contributed by atoms with van der Waals surface area (Å²) in [4.78, 5) is 11.7. The average Bonchev–Trinajstić information content (AvgIpc) is 2.97. The molecule has 0 bridgehead atoms. The predicted molar refractivity (Wildman–Crippen MR) is 73.5 cm³/mol. The first-order valence-electron chi connectivity index (χ1n) is 6.31. The second-order valence-electron chi connectivity index (χ2n) is 4.78. The molecule has 2 rings (SSSR count). The summed E-state index contributed by atoms with van der Waals surface area (Å²) in [6.45, 7) is 0.655. The van der Waals surface area contributed by atoms with Gasteiger partial charge in [-0.05, 0) is 47.3 Å². The number of hydrogen-bond acceptors (Lipinski definition) is 1. The number of carbonyl (C=O) groups excluding carboxylic acids is 1. The Hall–Kier alpha value is -0.900. The van der Waals surface area contributed by atoms with Gasteiger partial charge in [-0.3, -0.25) is 4.79 Å². The van der Waals surface area contributed by atoms with E-state index in [9.17, 15) is 9.18 Å². The van der Waals surface area contributed by atoms with Gasteiger partial charge in [0.2, 0.25) is 0 Å². The Kier molecular flexibility index (Phi) is 4.38. The van der Waals surface area contributed by atoms with Crippen molar-refractivity contribution in [3.8, 4) is 0 Å². The molecule has 4 heteroatoms. The number of halogens is 2. The average molecular weight is 314 g/mol. The molecule has 2 nitrogen and oxygen atoms in total. The van der Waals surface area contributed by atoms with Crippen molar-refractivity contribution >= 4 is 21.8 Å². The van der Waals surface area contributed by atoms with Crippen molar-refractivity contribution in [1.29, 1.82) is 0 Å². The highest BCUT2D eigenvalue weighted by Crippen LogP contribution is 2.54. The molecule has 0 aromatic heterocycles. The smallest absolute Gasteiger partial charge is 0.251 e. The van der Waals surface area contributed by atoms with E-state index in [1.54, 1.807) is 12.1 Å². The topological polar surface area (TPSA) is 29.1 Å². The summed E-state index contributed by atoms with van der Waals surface area (Å²) in [5, 5.41) is 2.87. The Balaban J connectivity index is 1.57. The van der Waals surface area contributed by atoms with E-state index in [-0.39, 0.29) is 11.8 Å². The molecule has 0 saturated heterocycles. The van der Waals surface area contributed by atoms with Crippen LogP contribution in [0.2, 0.25) is 0 Å². The van der Waals surface area contributed by atoms with Gasteiger partial charge in [0.15, 0.2) is 4.58 Å². The number of rotatable bonds is 6. The minimum Gasteiger partial charge on any atom is -0.352 e. The third-order valence-electron chi connectivity index (χ3n) is 3.26. The Morgan fingerprint density at radius 3 is 2.67 bits per heavy atom. The number of benzene rings is 1. The summed E-state index contributed by atoms with van der Waals surface area (Å²) in [6, 6.07) is 9.16. The van der Waals surface area contributed by atoms with Crippen LogP contribution in [0.1, 0.15) is 36.0 Å². The molecule has 1 aliphatic carbocycles. The van der Waals surface area contributed by atoms with Gasteiger partial charge in [-0.2, -0.15) is 0 Å². The number of alkyl halides is 2. The minimum absolute atomic E-state index is 0.0395. The Bertz CT molecular complexity index is 408. The fourth-order valence-corrected chi connectivity index (χ4v) is 2.61. The fraction of sp³-hybridized carbons (Fsp3) is 0.500. The van der Waals surface area contributed by atoms with Crippen molar-refractivity contribution in [3.63, 3.8) is 0 Å². The van der Waals surface area contributed by atoms with Crippen LogP contribution in [0.4, 0.5) is 4.39 Å². The van der Waals surface area contributed by atoms with E-state index in [1.807, 2.05) is 18.2 Å². The molecule has 1 aromatic rings. The zero-order valence-corrected chi connectivity index (χ0v) is 11.7. The van der Waals surface area contributed by atoms with Gasteiger partial charge in [-0.1, -0.05) is 24.6 Å². The van der Waals surface area contributed by atoms with Crippen LogP contribution >= 0.6 is 15.9 Å². The van der Waals surface area contributed by atoms with Crippen LogP contribution in [-0.4, -0.2) is 17.0 Å². The fourth-order valence-electron chi connectivity index (χ4n) is 1.99. The molecular formula is C14H17BrFNO. The monoisotopic (exact) mass is 313 g/mol. The summed E-state index contributed by atoms with van der Waals surface area (Å²) >= 11 is 3.04. The summed E-state index contributed by atoms with van der Waals surface area (Å²) in [7, 11) is 0. The van der Waals surface area contributed by atoms with Gasteiger partial charge in [0, 0.05) is 18.0 Å². The first-order valence-corrected chi connectivity index (χ1v) is 7.10. The molecule has 2 atom stereocenters. The van der Waals surface area contributed by atoms with E-state index in [4.69, 9.17) is 0 Å². The van der Waals surface area contributed by atoms with Crippen molar-refractivity contribution in [2.45, 2.75) is 30.3 Å². The standard InChI is InChI=1S/C14H17BrFNO/c15-14(16)10-12(14)8-4-5-9-17-13(18)11-6-2-1-3-7-11/h1-3,6-7,12H,4-5,8-10H2,(H,17,18). The Labute approximate surface area is 115 Å². The van der Waals surface area contributed by atoms with E-state index >= 15 is 0 Å². The van der Waals surface area contributed by atoms with Crippen LogP contribution in [0, 0.1) is 5.92 Å². The zero-order chi connectivity index (χ0) is 13.0. The summed E-state index contributed by atoms with van der Waals surface area (Å²) in [5.74, 6) is 0.129. The second kappa shape index (κ2) is 5.83. The maximum atomic E-state index is 13.2. The van der Waals surface area contributed by atoms with E-state index < -0.39 is 4.58 Å². The van der Waals surface area contributed by atoms with Crippen molar-refractivity contribution in [2.24, 2.45) is 5.92 Å². The van der Waals surface area contributed by atoms with Crippen LogP contribution in [0.5, 0.6) is 0 Å². The predicted octanol–water partition coefficient (Wildman–Crippen LogP) is 3.67. The second-order valence-corrected chi connectivity index (χ2v) is 6.10. The van der Waals surface area contributed by atoms with Crippen LogP contribution in [-0.2, 0) is 0 Å². The lowest BCUT2D eigenvalue weighted by Crippen LogP contribution is -2.24. The van der Waals surface area contributed by atoms with Crippen molar-refractivity contribution < 1.29 is 9.18 Å². The normalized spacial score (nSPS) is 25.8. The molecule has 1 amide bonds. The zero-order valence-electron chi connectivity index (χ0n) is 10.2. The molecule has 1 aromatic carbocycles.